The molecule has 1 aliphatic carbocycles. The summed E-state index contributed by atoms with van der Waals surface area (Å²) < 4.78 is 15.9. The van der Waals surface area contributed by atoms with Gasteiger partial charge in [-0.2, -0.15) is 0 Å². The van der Waals surface area contributed by atoms with Crippen LogP contribution in [0, 0.1) is 6.92 Å². The van der Waals surface area contributed by atoms with E-state index < -0.39 is 11.0 Å². The van der Waals surface area contributed by atoms with Crippen LogP contribution in [0.5, 0.6) is 0 Å². The van der Waals surface area contributed by atoms with Crippen LogP contribution in [-0.4, -0.2) is 16.0 Å². The lowest BCUT2D eigenvalue weighted by Crippen LogP contribution is -2.35. The number of carbonyl (C=O) groups is 1. The molecule has 1 N–H and O–H groups in total. The zero-order valence-corrected chi connectivity index (χ0v) is 15.2. The second-order valence-corrected chi connectivity index (χ2v) is 7.64. The van der Waals surface area contributed by atoms with Gasteiger partial charge in [0.05, 0.1) is 4.90 Å². The number of nitrogens with one attached hydrogen (secondary N) is 1. The summed E-state index contributed by atoms with van der Waals surface area (Å²) in [5.74, 6) is 0.173. The first-order valence-electron chi connectivity index (χ1n) is 8.65. The summed E-state index contributed by atoms with van der Waals surface area (Å²) in [4.78, 5) is 12.9. The highest BCUT2D eigenvalue weighted by Gasteiger charge is 2.25. The number of ketones is 1. The van der Waals surface area contributed by atoms with Crippen molar-refractivity contribution in [3.05, 3.63) is 77.4 Å². The summed E-state index contributed by atoms with van der Waals surface area (Å²) in [5.41, 5.74) is 3.15. The van der Waals surface area contributed by atoms with E-state index in [4.69, 9.17) is 0 Å². The molecule has 0 aliphatic heterocycles. The molecule has 0 bridgehead atoms. The second-order valence-electron chi connectivity index (χ2n) is 6.40. The van der Waals surface area contributed by atoms with Gasteiger partial charge in [-0.3, -0.25) is 4.79 Å². The first-order chi connectivity index (χ1) is 12.1. The Hall–Kier alpha value is -2.04. The highest BCUT2D eigenvalue weighted by Crippen LogP contribution is 2.22. The van der Waals surface area contributed by atoms with E-state index in [1.165, 1.54) is 5.56 Å². The summed E-state index contributed by atoms with van der Waals surface area (Å²) in [5, 5.41) is 0. The smallest absolute Gasteiger partial charge is 0.160 e. The van der Waals surface area contributed by atoms with Crippen molar-refractivity contribution in [3.63, 3.8) is 0 Å². The Bertz CT molecular complexity index is 781. The fraction of sp³-hybridized carbons (Fsp3) is 0.286. The third kappa shape index (κ3) is 4.74. The van der Waals surface area contributed by atoms with Crippen LogP contribution in [0.15, 0.2) is 71.1 Å². The minimum Gasteiger partial charge on any atom is -0.294 e. The second kappa shape index (κ2) is 8.37. The van der Waals surface area contributed by atoms with E-state index in [1.54, 1.807) is 0 Å². The molecule has 2 aromatic carbocycles. The molecule has 4 heteroatoms. The van der Waals surface area contributed by atoms with Gasteiger partial charge in [0.15, 0.2) is 5.78 Å². The van der Waals surface area contributed by atoms with Gasteiger partial charge in [0.2, 0.25) is 0 Å². The van der Waals surface area contributed by atoms with Gasteiger partial charge < -0.3 is 0 Å². The molecular weight excluding hydrogens is 330 g/mol. The minimum absolute atomic E-state index is 0.173. The first-order valence-corrected chi connectivity index (χ1v) is 9.80. The monoisotopic (exact) mass is 353 g/mol. The van der Waals surface area contributed by atoms with Crippen molar-refractivity contribution < 1.29 is 9.00 Å². The largest absolute Gasteiger partial charge is 0.294 e. The van der Waals surface area contributed by atoms with E-state index in [1.807, 2.05) is 55.5 Å². The van der Waals surface area contributed by atoms with Crippen LogP contribution < -0.4 is 4.72 Å². The standard InChI is InChI=1S/C21H23NO2S/c1-16-10-13-18(14-11-16)25(24)22-20(19-8-5-9-21(19)23)15-12-17-6-3-2-4-7-17/h2-4,6-8,10-11,13-14,20,22H,5,9,12,15H2,1H3/t20-,25?/m0/s1. The fourth-order valence-electron chi connectivity index (χ4n) is 3.05. The van der Waals surface area contributed by atoms with Crippen LogP contribution in [0.4, 0.5) is 0 Å². The van der Waals surface area contributed by atoms with Crippen LogP contribution in [0.1, 0.15) is 30.4 Å². The molecule has 0 heterocycles. The van der Waals surface area contributed by atoms with E-state index in [0.717, 1.165) is 35.3 Å². The lowest BCUT2D eigenvalue weighted by molar-refractivity contribution is -0.115. The normalized spacial score (nSPS) is 16.5. The molecule has 1 aliphatic rings. The van der Waals surface area contributed by atoms with Gasteiger partial charge in [-0.05, 0) is 43.9 Å². The Morgan fingerprint density at radius 2 is 1.80 bits per heavy atom. The number of carbonyl (C=O) groups excluding carboxylic acids is 1. The van der Waals surface area contributed by atoms with Crippen molar-refractivity contribution in [2.75, 3.05) is 0 Å². The number of aryl methyl sites for hydroxylation is 2. The average Bonchev–Trinajstić information content (AvgIpc) is 3.06. The Balaban J connectivity index is 1.73. The van der Waals surface area contributed by atoms with Crippen molar-refractivity contribution in [2.45, 2.75) is 43.5 Å². The van der Waals surface area contributed by atoms with Gasteiger partial charge in [-0.15, -0.1) is 0 Å². The average molecular weight is 353 g/mol. The molecule has 3 nitrogen and oxygen atoms in total. The van der Waals surface area contributed by atoms with Gasteiger partial charge in [0, 0.05) is 18.0 Å². The van der Waals surface area contributed by atoms with Crippen molar-refractivity contribution in [3.8, 4) is 0 Å². The first kappa shape index (κ1) is 17.8. The molecule has 3 rings (SSSR count). The van der Waals surface area contributed by atoms with E-state index in [2.05, 4.69) is 16.9 Å². The van der Waals surface area contributed by atoms with E-state index >= 15 is 0 Å². The predicted molar refractivity (Wildman–Crippen MR) is 102 cm³/mol. The number of allylic oxidation sites excluding steroid dienone is 1. The lowest BCUT2D eigenvalue weighted by Gasteiger charge is -2.19. The van der Waals surface area contributed by atoms with Gasteiger partial charge >= 0.3 is 0 Å². The maximum Gasteiger partial charge on any atom is 0.160 e. The molecule has 0 radical (unpaired) electrons. The molecule has 0 amide bonds. The molecule has 25 heavy (non-hydrogen) atoms. The van der Waals surface area contributed by atoms with E-state index in [9.17, 15) is 9.00 Å². The maximum absolute atomic E-state index is 12.7. The SMILES string of the molecule is Cc1ccc(S(=O)N[C@@H](CCc2ccccc2)C2=CCCC2=O)cc1. The maximum atomic E-state index is 12.7. The molecule has 0 fully saturated rings. The zero-order chi connectivity index (χ0) is 17.6. The number of benzene rings is 2. The zero-order valence-electron chi connectivity index (χ0n) is 14.4. The Kier molecular flexibility index (Phi) is 5.95. The van der Waals surface area contributed by atoms with Crippen LogP contribution in [0.2, 0.25) is 0 Å². The Labute approximate surface area is 151 Å². The van der Waals surface area contributed by atoms with E-state index in [0.29, 0.717) is 6.42 Å². The summed E-state index contributed by atoms with van der Waals surface area (Å²) in [6, 6.07) is 17.7. The highest BCUT2D eigenvalue weighted by molar-refractivity contribution is 7.83. The highest BCUT2D eigenvalue weighted by atomic mass is 32.2. The van der Waals surface area contributed by atoms with Crippen LogP contribution in [0.3, 0.4) is 0 Å². The summed E-state index contributed by atoms with van der Waals surface area (Å²) in [6.45, 7) is 2.00. The van der Waals surface area contributed by atoms with Crippen LogP contribution >= 0.6 is 0 Å². The van der Waals surface area contributed by atoms with E-state index in [-0.39, 0.29) is 11.8 Å². The van der Waals surface area contributed by atoms with Gasteiger partial charge in [0.1, 0.15) is 11.0 Å². The number of Topliss-reactive ketones (excluding diaryl/α,β-unsaturated/α-hetero) is 1. The molecule has 0 aromatic heterocycles. The number of rotatable bonds is 7. The molecule has 130 valence electrons. The molecular formula is C21H23NO2S. The molecule has 1 unspecified atom stereocenters. The quantitative estimate of drug-likeness (QED) is 0.821. The Morgan fingerprint density at radius 3 is 2.44 bits per heavy atom. The minimum atomic E-state index is -1.33. The molecule has 2 aromatic rings. The molecule has 0 saturated carbocycles. The van der Waals surface area contributed by atoms with Crippen LogP contribution in [0.25, 0.3) is 0 Å². The third-order valence-corrected chi connectivity index (χ3v) is 5.68. The predicted octanol–water partition coefficient (Wildman–Crippen LogP) is 3.90. The van der Waals surface area contributed by atoms with Crippen molar-refractivity contribution in [1.82, 2.24) is 4.72 Å². The Morgan fingerprint density at radius 1 is 1.08 bits per heavy atom. The topological polar surface area (TPSA) is 46.2 Å². The van der Waals surface area contributed by atoms with Crippen molar-refractivity contribution in [2.24, 2.45) is 0 Å². The fourth-order valence-corrected chi connectivity index (χ4v) is 4.07. The summed E-state index contributed by atoms with van der Waals surface area (Å²) >= 11 is 0. The van der Waals surface area contributed by atoms with Crippen molar-refractivity contribution in [1.29, 1.82) is 0 Å². The van der Waals surface area contributed by atoms with Crippen molar-refractivity contribution >= 4 is 16.8 Å². The third-order valence-electron chi connectivity index (χ3n) is 4.48. The molecule has 0 spiro atoms. The van der Waals surface area contributed by atoms with Gasteiger partial charge in [-0.1, -0.05) is 54.1 Å². The number of hydrogen-bond acceptors (Lipinski definition) is 2. The summed E-state index contributed by atoms with van der Waals surface area (Å²) in [6.07, 6.45) is 4.94. The van der Waals surface area contributed by atoms with Crippen LogP contribution in [-0.2, 0) is 22.2 Å². The van der Waals surface area contributed by atoms with Gasteiger partial charge in [-0.25, -0.2) is 8.93 Å². The summed E-state index contributed by atoms with van der Waals surface area (Å²) in [7, 11) is -1.33. The van der Waals surface area contributed by atoms with Gasteiger partial charge in [0.25, 0.3) is 0 Å². The molecule has 2 atom stereocenters. The number of hydrogen-bond donors (Lipinski definition) is 1. The molecule has 0 saturated heterocycles. The lowest BCUT2D eigenvalue weighted by atomic mass is 9.99.